The minimum absolute atomic E-state index is 0.372. The van der Waals surface area contributed by atoms with E-state index in [1.165, 1.54) is 38.5 Å². The summed E-state index contributed by atoms with van der Waals surface area (Å²) in [6.07, 6.45) is 7.77. The fraction of sp³-hybridized carbons (Fsp3) is 0.647. The summed E-state index contributed by atoms with van der Waals surface area (Å²) in [5.41, 5.74) is 3.57. The van der Waals surface area contributed by atoms with Gasteiger partial charge in [-0.2, -0.15) is 0 Å². The number of ether oxygens (including phenoxy) is 1. The molecule has 3 rings (SSSR count). The largest absolute Gasteiger partial charge is 0.381 e. The molecule has 0 radical (unpaired) electrons. The van der Waals surface area contributed by atoms with E-state index in [9.17, 15) is 0 Å². The van der Waals surface area contributed by atoms with Gasteiger partial charge in [-0.05, 0) is 55.6 Å². The molecule has 0 aromatic heterocycles. The number of hydrogen-bond acceptors (Lipinski definition) is 1. The van der Waals surface area contributed by atoms with Crippen LogP contribution in [0.4, 0.5) is 0 Å². The summed E-state index contributed by atoms with van der Waals surface area (Å²) < 4.78 is 5.51. The van der Waals surface area contributed by atoms with Crippen molar-refractivity contribution in [3.8, 4) is 0 Å². The molecule has 1 heterocycles. The summed E-state index contributed by atoms with van der Waals surface area (Å²) in [7, 11) is 0. The van der Waals surface area contributed by atoms with Crippen LogP contribution in [0.1, 0.15) is 43.2 Å². The summed E-state index contributed by atoms with van der Waals surface area (Å²) >= 11 is 3.83. The second-order valence-corrected chi connectivity index (χ2v) is 6.75. The quantitative estimate of drug-likeness (QED) is 0.746. The number of rotatable bonds is 3. The number of halogens is 1. The van der Waals surface area contributed by atoms with Crippen LogP contribution in [-0.4, -0.2) is 18.5 Å². The van der Waals surface area contributed by atoms with Crippen LogP contribution in [0.5, 0.6) is 0 Å². The zero-order chi connectivity index (χ0) is 13.1. The molecule has 1 nitrogen and oxygen atoms in total. The Kier molecular flexibility index (Phi) is 4.28. The highest BCUT2D eigenvalue weighted by Gasteiger charge is 2.37. The summed E-state index contributed by atoms with van der Waals surface area (Å²) in [4.78, 5) is 0. The van der Waals surface area contributed by atoms with Crippen molar-refractivity contribution in [2.45, 2.75) is 43.9 Å². The summed E-state index contributed by atoms with van der Waals surface area (Å²) in [5, 5.41) is 1.11. The van der Waals surface area contributed by atoms with Crippen LogP contribution in [0.25, 0.3) is 0 Å². The molecule has 0 saturated carbocycles. The van der Waals surface area contributed by atoms with Gasteiger partial charge in [0.15, 0.2) is 0 Å². The van der Waals surface area contributed by atoms with Crippen LogP contribution in [-0.2, 0) is 16.6 Å². The number of aryl methyl sites for hydroxylation is 1. The number of fused-ring (bicyclic) bond motifs is 1. The molecule has 1 aromatic rings. The lowest BCUT2D eigenvalue weighted by Crippen LogP contribution is -2.36. The van der Waals surface area contributed by atoms with Crippen molar-refractivity contribution < 1.29 is 4.74 Å². The maximum Gasteiger partial charge on any atom is 0.0468 e. The minimum atomic E-state index is 0.372. The van der Waals surface area contributed by atoms with Crippen molar-refractivity contribution in [1.29, 1.82) is 0 Å². The molecular weight excluding hydrogens is 300 g/mol. The average Bonchev–Trinajstić information content (AvgIpc) is 2.49. The van der Waals surface area contributed by atoms with Gasteiger partial charge in [-0.25, -0.2) is 0 Å². The fourth-order valence-corrected chi connectivity index (χ4v) is 4.73. The third kappa shape index (κ3) is 2.75. The Bertz CT molecular complexity index is 425. The minimum Gasteiger partial charge on any atom is -0.381 e. The van der Waals surface area contributed by atoms with Crippen molar-refractivity contribution >= 4 is 15.9 Å². The maximum absolute atomic E-state index is 5.51. The molecule has 19 heavy (non-hydrogen) atoms. The lowest BCUT2D eigenvalue weighted by molar-refractivity contribution is 0.0558. The summed E-state index contributed by atoms with van der Waals surface area (Å²) in [6, 6.07) is 9.11. The van der Waals surface area contributed by atoms with Gasteiger partial charge < -0.3 is 4.74 Å². The van der Waals surface area contributed by atoms with Gasteiger partial charge in [-0.15, -0.1) is 0 Å². The van der Waals surface area contributed by atoms with E-state index in [4.69, 9.17) is 4.74 Å². The topological polar surface area (TPSA) is 9.23 Å². The molecule has 0 spiro atoms. The molecule has 2 aliphatic rings. The lowest BCUT2D eigenvalue weighted by Gasteiger charge is -2.41. The van der Waals surface area contributed by atoms with Crippen molar-refractivity contribution in [2.75, 3.05) is 18.5 Å². The number of hydrogen-bond donors (Lipinski definition) is 0. The molecule has 0 N–H and O–H groups in total. The Balaban J connectivity index is 1.86. The molecule has 0 bridgehead atoms. The normalized spacial score (nSPS) is 28.1. The van der Waals surface area contributed by atoms with E-state index in [2.05, 4.69) is 40.2 Å². The van der Waals surface area contributed by atoms with Crippen LogP contribution < -0.4 is 0 Å². The van der Waals surface area contributed by atoms with Gasteiger partial charge in [0.05, 0.1) is 0 Å². The predicted octanol–water partition coefficient (Wildman–Crippen LogP) is 4.47. The van der Waals surface area contributed by atoms with Crippen LogP contribution in [0.3, 0.4) is 0 Å². The molecule has 1 fully saturated rings. The first-order valence-electron chi connectivity index (χ1n) is 7.56. The number of alkyl halides is 1. The Morgan fingerprint density at radius 1 is 1.21 bits per heavy atom. The third-order valence-corrected chi connectivity index (χ3v) is 6.04. The van der Waals surface area contributed by atoms with E-state index >= 15 is 0 Å². The molecule has 1 saturated heterocycles. The smallest absolute Gasteiger partial charge is 0.0468 e. The number of benzene rings is 1. The van der Waals surface area contributed by atoms with Gasteiger partial charge in [-0.1, -0.05) is 40.2 Å². The summed E-state index contributed by atoms with van der Waals surface area (Å²) in [6.45, 7) is 1.93. The van der Waals surface area contributed by atoms with E-state index < -0.39 is 0 Å². The molecule has 1 atom stereocenters. The standard InChI is InChI=1S/C17H23BrO/c18-13-17(12-14-7-10-19-11-8-14)9-3-5-15-4-1-2-6-16(15)17/h1-2,4,6,14H,3,5,7-13H2. The monoisotopic (exact) mass is 322 g/mol. The van der Waals surface area contributed by atoms with Gasteiger partial charge in [0.2, 0.25) is 0 Å². The van der Waals surface area contributed by atoms with Gasteiger partial charge in [0, 0.05) is 24.0 Å². The Morgan fingerprint density at radius 2 is 2.00 bits per heavy atom. The molecular formula is C17H23BrO. The van der Waals surface area contributed by atoms with E-state index in [1.54, 1.807) is 11.1 Å². The van der Waals surface area contributed by atoms with Crippen molar-refractivity contribution in [3.63, 3.8) is 0 Å². The Labute approximate surface area is 124 Å². The molecule has 1 aliphatic carbocycles. The highest BCUT2D eigenvalue weighted by atomic mass is 79.9. The predicted molar refractivity (Wildman–Crippen MR) is 83.0 cm³/mol. The SMILES string of the molecule is BrCC1(CC2CCOCC2)CCCc2ccccc21. The molecule has 0 amide bonds. The highest BCUT2D eigenvalue weighted by Crippen LogP contribution is 2.44. The van der Waals surface area contributed by atoms with Gasteiger partial charge in [0.1, 0.15) is 0 Å². The van der Waals surface area contributed by atoms with Crippen LogP contribution >= 0.6 is 15.9 Å². The van der Waals surface area contributed by atoms with E-state index in [-0.39, 0.29) is 0 Å². The second kappa shape index (κ2) is 5.97. The molecule has 2 heteroatoms. The van der Waals surface area contributed by atoms with Crippen LogP contribution in [0.15, 0.2) is 24.3 Å². The second-order valence-electron chi connectivity index (χ2n) is 6.18. The third-order valence-electron chi connectivity index (χ3n) is 4.97. The Morgan fingerprint density at radius 3 is 2.79 bits per heavy atom. The van der Waals surface area contributed by atoms with Crippen molar-refractivity contribution in [2.24, 2.45) is 5.92 Å². The maximum atomic E-state index is 5.51. The van der Waals surface area contributed by atoms with Crippen LogP contribution in [0, 0.1) is 5.92 Å². The first-order chi connectivity index (χ1) is 9.34. The molecule has 1 aromatic carbocycles. The van der Waals surface area contributed by atoms with Crippen molar-refractivity contribution in [1.82, 2.24) is 0 Å². The lowest BCUT2D eigenvalue weighted by atomic mass is 9.66. The zero-order valence-electron chi connectivity index (χ0n) is 11.5. The van der Waals surface area contributed by atoms with E-state index in [0.717, 1.165) is 24.5 Å². The molecule has 1 unspecified atom stereocenters. The average molecular weight is 323 g/mol. The van der Waals surface area contributed by atoms with E-state index in [0.29, 0.717) is 5.41 Å². The molecule has 1 aliphatic heterocycles. The van der Waals surface area contributed by atoms with Crippen LogP contribution in [0.2, 0.25) is 0 Å². The zero-order valence-corrected chi connectivity index (χ0v) is 13.1. The molecule has 104 valence electrons. The highest BCUT2D eigenvalue weighted by molar-refractivity contribution is 9.09. The van der Waals surface area contributed by atoms with Gasteiger partial charge >= 0.3 is 0 Å². The van der Waals surface area contributed by atoms with Gasteiger partial charge in [-0.3, -0.25) is 0 Å². The van der Waals surface area contributed by atoms with Gasteiger partial charge in [0.25, 0.3) is 0 Å². The Hall–Kier alpha value is -0.340. The first kappa shape index (κ1) is 13.6. The summed E-state index contributed by atoms with van der Waals surface area (Å²) in [5.74, 6) is 0.845. The van der Waals surface area contributed by atoms with E-state index in [1.807, 2.05) is 0 Å². The van der Waals surface area contributed by atoms with Crippen molar-refractivity contribution in [3.05, 3.63) is 35.4 Å². The first-order valence-corrected chi connectivity index (χ1v) is 8.68. The fourth-order valence-electron chi connectivity index (χ4n) is 3.92.